The van der Waals surface area contributed by atoms with Crippen LogP contribution in [0.1, 0.15) is 11.1 Å². The largest absolute Gasteiger partial charge is 0.506 e. The number of benzene rings is 2. The Balaban J connectivity index is 2.03. The molecule has 4 nitrogen and oxygen atoms in total. The lowest BCUT2D eigenvalue weighted by atomic mass is 10.1. The van der Waals surface area contributed by atoms with Crippen LogP contribution in [0.5, 0.6) is 5.75 Å². The third-order valence-corrected chi connectivity index (χ3v) is 5.43. The average molecular weight is 570 g/mol. The lowest BCUT2D eigenvalue weighted by Crippen LogP contribution is -2.19. The molecule has 0 bridgehead atoms. The fourth-order valence-corrected chi connectivity index (χ4v) is 4.30. The molecule has 2 aromatic rings. The molecule has 120 valence electrons. The first kappa shape index (κ1) is 18.6. The summed E-state index contributed by atoms with van der Waals surface area (Å²) in [6.45, 7) is 0. The molecule has 0 unspecified atom stereocenters. The van der Waals surface area contributed by atoms with Gasteiger partial charge in [0.1, 0.15) is 5.75 Å². The molecule has 2 N–H and O–H groups in total. The fourth-order valence-electron chi connectivity index (χ4n) is 1.71. The number of carbonyl (C=O) groups is 1. The van der Waals surface area contributed by atoms with Crippen LogP contribution in [0.4, 0.5) is 0 Å². The Kier molecular flexibility index (Phi) is 6.82. The second-order valence-corrected chi connectivity index (χ2v) is 7.93. The predicted octanol–water partition coefficient (Wildman–Crippen LogP) is 5.14. The lowest BCUT2D eigenvalue weighted by Gasteiger charge is -2.07. The summed E-state index contributed by atoms with van der Waals surface area (Å²) in [6.07, 6.45) is 1.69. The Hall–Kier alpha value is -0.700. The van der Waals surface area contributed by atoms with Gasteiger partial charge in [0.25, 0.3) is 0 Å². The molecule has 0 heterocycles. The van der Waals surface area contributed by atoms with E-state index in [1.165, 1.54) is 6.21 Å². The number of hydrogen-bond donors (Lipinski definition) is 2. The van der Waals surface area contributed by atoms with Crippen LogP contribution in [-0.4, -0.2) is 17.2 Å². The summed E-state index contributed by atoms with van der Waals surface area (Å²) in [5.41, 5.74) is 3.98. The standard InChI is InChI=1S/C15H10Br4N2O2/c16-9-3-1-8(2-4-9)5-13(22)21-20-7-10-11(17)6-12(18)15(23)14(10)19/h1-4,6-7,23H,5H2,(H,21,22)/b20-7+. The summed E-state index contributed by atoms with van der Waals surface area (Å²) in [5, 5.41) is 13.8. The fraction of sp³-hybridized carbons (Fsp3) is 0.0667. The van der Waals surface area contributed by atoms with E-state index in [4.69, 9.17) is 0 Å². The van der Waals surface area contributed by atoms with Crippen molar-refractivity contribution in [2.24, 2.45) is 5.10 Å². The van der Waals surface area contributed by atoms with Crippen LogP contribution in [0.25, 0.3) is 0 Å². The Morgan fingerprint density at radius 1 is 1.13 bits per heavy atom. The molecule has 0 fully saturated rings. The Bertz CT molecular complexity index is 761. The Labute approximate surface area is 166 Å². The van der Waals surface area contributed by atoms with Crippen molar-refractivity contribution in [1.29, 1.82) is 0 Å². The topological polar surface area (TPSA) is 61.7 Å². The maximum absolute atomic E-state index is 11.9. The first-order valence-electron chi connectivity index (χ1n) is 6.31. The van der Waals surface area contributed by atoms with Gasteiger partial charge >= 0.3 is 0 Å². The zero-order valence-electron chi connectivity index (χ0n) is 11.5. The molecule has 8 heteroatoms. The van der Waals surface area contributed by atoms with Gasteiger partial charge in [-0.05, 0) is 55.6 Å². The van der Waals surface area contributed by atoms with Gasteiger partial charge in [-0.15, -0.1) is 0 Å². The maximum Gasteiger partial charge on any atom is 0.244 e. The van der Waals surface area contributed by atoms with Gasteiger partial charge in [0.05, 0.1) is 21.6 Å². The Morgan fingerprint density at radius 3 is 2.43 bits per heavy atom. The summed E-state index contributed by atoms with van der Waals surface area (Å²) in [4.78, 5) is 11.9. The van der Waals surface area contributed by atoms with Crippen molar-refractivity contribution in [3.05, 3.63) is 59.3 Å². The molecule has 1 amide bonds. The van der Waals surface area contributed by atoms with Crippen molar-refractivity contribution in [3.8, 4) is 5.75 Å². The number of hydrogen-bond acceptors (Lipinski definition) is 3. The normalized spacial score (nSPS) is 11.0. The molecule has 23 heavy (non-hydrogen) atoms. The van der Waals surface area contributed by atoms with Gasteiger partial charge in [-0.25, -0.2) is 5.43 Å². The highest BCUT2D eigenvalue weighted by Crippen LogP contribution is 2.38. The molecule has 2 rings (SSSR count). The van der Waals surface area contributed by atoms with Crippen molar-refractivity contribution in [2.45, 2.75) is 6.42 Å². The van der Waals surface area contributed by atoms with E-state index in [-0.39, 0.29) is 18.1 Å². The minimum Gasteiger partial charge on any atom is -0.506 e. The molecule has 0 spiro atoms. The van der Waals surface area contributed by atoms with Gasteiger partial charge in [0, 0.05) is 14.5 Å². The minimum absolute atomic E-state index is 0.0656. The van der Waals surface area contributed by atoms with E-state index in [1.54, 1.807) is 6.07 Å². The highest BCUT2D eigenvalue weighted by Gasteiger charge is 2.12. The molecule has 2 aromatic carbocycles. The quantitative estimate of drug-likeness (QED) is 0.396. The highest BCUT2D eigenvalue weighted by atomic mass is 79.9. The predicted molar refractivity (Wildman–Crippen MR) is 105 cm³/mol. The number of rotatable bonds is 4. The van der Waals surface area contributed by atoms with Crippen molar-refractivity contribution in [1.82, 2.24) is 5.43 Å². The van der Waals surface area contributed by atoms with E-state index in [0.717, 1.165) is 14.5 Å². The number of amides is 1. The van der Waals surface area contributed by atoms with Crippen molar-refractivity contribution in [2.75, 3.05) is 0 Å². The van der Waals surface area contributed by atoms with E-state index < -0.39 is 0 Å². The van der Waals surface area contributed by atoms with Crippen LogP contribution < -0.4 is 5.43 Å². The summed E-state index contributed by atoms with van der Waals surface area (Å²) in [5.74, 6) is -0.159. The van der Waals surface area contributed by atoms with E-state index in [1.807, 2.05) is 24.3 Å². The second-order valence-electron chi connectivity index (χ2n) is 4.51. The third kappa shape index (κ3) is 5.14. The van der Waals surface area contributed by atoms with Gasteiger partial charge < -0.3 is 5.11 Å². The average Bonchev–Trinajstić information content (AvgIpc) is 2.51. The number of nitrogens with one attached hydrogen (secondary N) is 1. The Morgan fingerprint density at radius 2 is 1.78 bits per heavy atom. The van der Waals surface area contributed by atoms with Gasteiger partial charge in [0.15, 0.2) is 0 Å². The number of aromatic hydroxyl groups is 1. The number of hydrazone groups is 1. The number of phenolic OH excluding ortho intramolecular Hbond substituents is 1. The van der Waals surface area contributed by atoms with Crippen LogP contribution in [-0.2, 0) is 11.2 Å². The molecular weight excluding hydrogens is 560 g/mol. The van der Waals surface area contributed by atoms with Crippen LogP contribution in [0.2, 0.25) is 0 Å². The van der Waals surface area contributed by atoms with Gasteiger partial charge in [-0.2, -0.15) is 5.10 Å². The van der Waals surface area contributed by atoms with Gasteiger partial charge in [-0.3, -0.25) is 4.79 Å². The molecule has 0 aliphatic rings. The monoisotopic (exact) mass is 566 g/mol. The van der Waals surface area contributed by atoms with Crippen molar-refractivity contribution in [3.63, 3.8) is 0 Å². The van der Waals surface area contributed by atoms with Gasteiger partial charge in [0.2, 0.25) is 5.91 Å². The maximum atomic E-state index is 11.9. The summed E-state index contributed by atoms with van der Waals surface area (Å²) in [6, 6.07) is 9.20. The number of nitrogens with zero attached hydrogens (tertiary/aromatic N) is 1. The second kappa shape index (κ2) is 8.41. The van der Waals surface area contributed by atoms with E-state index in [2.05, 4.69) is 74.2 Å². The van der Waals surface area contributed by atoms with Crippen molar-refractivity contribution < 1.29 is 9.90 Å². The van der Waals surface area contributed by atoms with Crippen molar-refractivity contribution >= 4 is 75.8 Å². The molecule has 0 aromatic heterocycles. The zero-order valence-corrected chi connectivity index (χ0v) is 17.8. The van der Waals surface area contributed by atoms with Crippen LogP contribution in [0, 0.1) is 0 Å². The van der Waals surface area contributed by atoms with Crippen LogP contribution in [0.3, 0.4) is 0 Å². The third-order valence-electron chi connectivity index (χ3n) is 2.84. The lowest BCUT2D eigenvalue weighted by molar-refractivity contribution is -0.120. The molecule has 0 saturated heterocycles. The molecule has 0 aliphatic heterocycles. The molecule has 0 aliphatic carbocycles. The summed E-state index contributed by atoms with van der Waals surface area (Å²) < 4.78 is 2.71. The first-order valence-corrected chi connectivity index (χ1v) is 9.48. The summed E-state index contributed by atoms with van der Waals surface area (Å²) in [7, 11) is 0. The number of carbonyl (C=O) groups excluding carboxylic acids is 1. The summed E-state index contributed by atoms with van der Waals surface area (Å²) >= 11 is 13.3. The van der Waals surface area contributed by atoms with E-state index in [9.17, 15) is 9.90 Å². The SMILES string of the molecule is O=C(Cc1ccc(Br)cc1)N/N=C/c1c(Br)cc(Br)c(O)c1Br. The van der Waals surface area contributed by atoms with Gasteiger partial charge in [-0.1, -0.05) is 44.0 Å². The molecule has 0 saturated carbocycles. The molecular formula is C15H10Br4N2O2. The number of phenols is 1. The molecule has 0 radical (unpaired) electrons. The van der Waals surface area contributed by atoms with Crippen LogP contribution in [0.15, 0.2) is 53.3 Å². The van der Waals surface area contributed by atoms with Crippen LogP contribution >= 0.6 is 63.7 Å². The van der Waals surface area contributed by atoms with E-state index >= 15 is 0 Å². The smallest absolute Gasteiger partial charge is 0.244 e. The van der Waals surface area contributed by atoms with E-state index in [0.29, 0.717) is 14.5 Å². The highest BCUT2D eigenvalue weighted by molar-refractivity contribution is 9.11. The zero-order chi connectivity index (χ0) is 17.0. The minimum atomic E-state index is -0.225. The number of halogens is 4. The molecule has 0 atom stereocenters. The first-order chi connectivity index (χ1) is 10.9.